The molecule has 6 nitrogen and oxygen atoms in total. The third-order valence-corrected chi connectivity index (χ3v) is 8.44. The Balaban J connectivity index is 1.78. The summed E-state index contributed by atoms with van der Waals surface area (Å²) in [5.41, 5.74) is 4.54. The van der Waals surface area contributed by atoms with Crippen LogP contribution in [0.25, 0.3) is 0 Å². The molecule has 2 aromatic rings. The zero-order chi connectivity index (χ0) is 31.0. The third-order valence-electron chi connectivity index (χ3n) is 7.78. The highest BCUT2D eigenvalue weighted by Gasteiger charge is 2.25. The fourth-order valence-corrected chi connectivity index (χ4v) is 6.23. The fraction of sp³-hybridized carbons (Fsp3) is 0.588. The highest BCUT2D eigenvalue weighted by atomic mass is 35.5. The first-order valence-corrected chi connectivity index (χ1v) is 16.1. The monoisotopic (exact) mass is 616 g/mol. The van der Waals surface area contributed by atoms with Crippen LogP contribution < -0.4 is 10.6 Å². The molecule has 1 aliphatic rings. The number of aliphatic imine (C=N–C) groups is 1. The molecule has 0 aliphatic carbocycles. The van der Waals surface area contributed by atoms with Crippen LogP contribution in [0.15, 0.2) is 35.3 Å². The second-order valence-electron chi connectivity index (χ2n) is 13.0. The van der Waals surface area contributed by atoms with E-state index in [0.29, 0.717) is 29.3 Å². The van der Waals surface area contributed by atoms with E-state index in [0.717, 1.165) is 60.0 Å². The van der Waals surface area contributed by atoms with Crippen LogP contribution in [-0.2, 0) is 11.3 Å². The van der Waals surface area contributed by atoms with Crippen molar-refractivity contribution in [2.24, 2.45) is 10.9 Å². The van der Waals surface area contributed by atoms with Gasteiger partial charge in [-0.05, 0) is 119 Å². The number of nitrogens with one attached hydrogen (secondary N) is 2. The highest BCUT2D eigenvalue weighted by Crippen LogP contribution is 2.43. The van der Waals surface area contributed by atoms with Crippen molar-refractivity contribution in [2.75, 3.05) is 26.0 Å². The minimum absolute atomic E-state index is 0.314. The summed E-state index contributed by atoms with van der Waals surface area (Å²) in [6.45, 7) is 13.8. The van der Waals surface area contributed by atoms with Crippen LogP contribution in [-0.4, -0.2) is 43.1 Å². The van der Waals surface area contributed by atoms with Crippen molar-refractivity contribution in [3.63, 3.8) is 0 Å². The molecule has 0 fully saturated rings. The number of anilines is 1. The number of halogens is 2. The molecular formula is C34H50Cl2N4O2. The predicted octanol–water partition coefficient (Wildman–Crippen LogP) is 9.92. The van der Waals surface area contributed by atoms with Crippen LogP contribution >= 0.6 is 23.2 Å². The number of nitrogens with zero attached hydrogens (tertiary/aromatic N) is 2. The molecule has 0 saturated heterocycles. The Morgan fingerprint density at radius 2 is 1.86 bits per heavy atom. The minimum Gasteiger partial charge on any atom is -0.444 e. The van der Waals surface area contributed by atoms with E-state index in [9.17, 15) is 4.79 Å². The summed E-state index contributed by atoms with van der Waals surface area (Å²) in [6, 6.07) is 10.1. The van der Waals surface area contributed by atoms with Gasteiger partial charge in [0.05, 0.1) is 16.4 Å². The van der Waals surface area contributed by atoms with Crippen molar-refractivity contribution in [1.29, 1.82) is 0 Å². The van der Waals surface area contributed by atoms with Crippen molar-refractivity contribution in [2.45, 2.75) is 104 Å². The number of amidine groups is 1. The van der Waals surface area contributed by atoms with Gasteiger partial charge < -0.3 is 20.3 Å². The molecule has 232 valence electrons. The van der Waals surface area contributed by atoms with E-state index in [1.54, 1.807) is 0 Å². The summed E-state index contributed by atoms with van der Waals surface area (Å²) in [7, 11) is 4.28. The zero-order valence-corrected chi connectivity index (χ0v) is 28.3. The molecule has 3 rings (SSSR count). The first kappa shape index (κ1) is 34.2. The van der Waals surface area contributed by atoms with Crippen LogP contribution in [0.1, 0.15) is 109 Å². The summed E-state index contributed by atoms with van der Waals surface area (Å²) in [5.74, 6) is 2.28. The third kappa shape index (κ3) is 10.2. The van der Waals surface area contributed by atoms with Crippen LogP contribution in [0.3, 0.4) is 0 Å². The number of benzene rings is 2. The number of carbonyl (C=O) groups excluding carboxylic acids is 1. The van der Waals surface area contributed by atoms with Crippen molar-refractivity contribution < 1.29 is 9.53 Å². The number of hydrogen-bond acceptors (Lipinski definition) is 5. The molecule has 3 unspecified atom stereocenters. The van der Waals surface area contributed by atoms with Gasteiger partial charge in [0.25, 0.3) is 0 Å². The van der Waals surface area contributed by atoms with Gasteiger partial charge >= 0.3 is 6.09 Å². The standard InChI is InChI=1S/C34H50Cl2N4O2/c1-9-24(13-11-12-22(3)21-40(7)8)26-19-30-27(18-29(26)36)25(10-2)17-32(38-30)39-31-16-23(14-15-28(31)35)20-37-33(41)42-34(4,5)6/h14-16,18-19,22,24-25H,9-13,17,20-21H2,1-8H3,(H,37,41)(H,38,39). The molecule has 0 radical (unpaired) electrons. The number of amides is 1. The lowest BCUT2D eigenvalue weighted by Gasteiger charge is -2.27. The van der Waals surface area contributed by atoms with Crippen LogP contribution in [0.4, 0.5) is 16.2 Å². The quantitative estimate of drug-likeness (QED) is 0.249. The zero-order valence-electron chi connectivity index (χ0n) is 26.7. The largest absolute Gasteiger partial charge is 0.444 e. The van der Waals surface area contributed by atoms with Crippen molar-refractivity contribution in [3.05, 3.63) is 57.1 Å². The Labute approximate surface area is 263 Å². The van der Waals surface area contributed by atoms with Gasteiger partial charge in [0.1, 0.15) is 11.4 Å². The van der Waals surface area contributed by atoms with Gasteiger partial charge in [0.15, 0.2) is 0 Å². The van der Waals surface area contributed by atoms with Gasteiger partial charge in [-0.25, -0.2) is 9.79 Å². The first-order chi connectivity index (χ1) is 19.8. The van der Waals surface area contributed by atoms with Gasteiger partial charge in [0, 0.05) is 24.5 Å². The van der Waals surface area contributed by atoms with E-state index in [1.807, 2.05) is 39.0 Å². The maximum Gasteiger partial charge on any atom is 0.407 e. The summed E-state index contributed by atoms with van der Waals surface area (Å²) in [5, 5.41) is 7.77. The molecule has 3 atom stereocenters. The number of carbonyl (C=O) groups is 1. The molecule has 0 aromatic heterocycles. The number of fused-ring (bicyclic) bond motifs is 1. The summed E-state index contributed by atoms with van der Waals surface area (Å²) >= 11 is 13.5. The minimum atomic E-state index is -0.548. The second-order valence-corrected chi connectivity index (χ2v) is 13.8. The van der Waals surface area contributed by atoms with E-state index in [1.165, 1.54) is 24.0 Å². The molecule has 8 heteroatoms. The normalized spacial score (nSPS) is 16.5. The van der Waals surface area contributed by atoms with E-state index >= 15 is 0 Å². The van der Waals surface area contributed by atoms with Crippen molar-refractivity contribution >= 4 is 46.5 Å². The van der Waals surface area contributed by atoms with E-state index in [4.69, 9.17) is 32.9 Å². The van der Waals surface area contributed by atoms with Crippen molar-refractivity contribution in [3.8, 4) is 0 Å². The molecule has 2 N–H and O–H groups in total. The average molecular weight is 618 g/mol. The number of hydrogen-bond donors (Lipinski definition) is 2. The Bertz CT molecular complexity index is 1240. The highest BCUT2D eigenvalue weighted by molar-refractivity contribution is 6.34. The maximum absolute atomic E-state index is 12.1. The predicted molar refractivity (Wildman–Crippen MR) is 179 cm³/mol. The molecule has 0 spiro atoms. The Kier molecular flexibility index (Phi) is 12.6. The summed E-state index contributed by atoms with van der Waals surface area (Å²) in [6.07, 6.45) is 5.88. The maximum atomic E-state index is 12.1. The Morgan fingerprint density at radius 3 is 2.50 bits per heavy atom. The molecule has 2 aromatic carbocycles. The van der Waals surface area contributed by atoms with Crippen LogP contribution in [0.2, 0.25) is 10.0 Å². The first-order valence-electron chi connectivity index (χ1n) is 15.4. The second kappa shape index (κ2) is 15.4. The van der Waals surface area contributed by atoms with Crippen LogP contribution in [0, 0.1) is 5.92 Å². The van der Waals surface area contributed by atoms with Crippen LogP contribution in [0.5, 0.6) is 0 Å². The Hall–Kier alpha value is -2.28. The number of ether oxygens (including phenoxy) is 1. The van der Waals surface area contributed by atoms with E-state index in [2.05, 4.69) is 62.5 Å². The molecule has 1 aliphatic heterocycles. The summed E-state index contributed by atoms with van der Waals surface area (Å²) < 4.78 is 5.36. The lowest BCUT2D eigenvalue weighted by molar-refractivity contribution is 0.0523. The lowest BCUT2D eigenvalue weighted by atomic mass is 9.84. The number of alkyl carbamates (subject to hydrolysis) is 1. The SMILES string of the molecule is CCC(CCCC(C)CN(C)C)c1cc2c(cc1Cl)C(CC)CC(Nc1cc(CNC(=O)OC(C)(C)C)ccc1Cl)=N2. The average Bonchev–Trinajstić information content (AvgIpc) is 2.90. The van der Waals surface area contributed by atoms with Gasteiger partial charge in [-0.2, -0.15) is 0 Å². The molecule has 42 heavy (non-hydrogen) atoms. The number of rotatable bonds is 12. The molecule has 0 saturated carbocycles. The topological polar surface area (TPSA) is 66.0 Å². The fourth-order valence-electron chi connectivity index (χ4n) is 5.74. The smallest absolute Gasteiger partial charge is 0.407 e. The van der Waals surface area contributed by atoms with Gasteiger partial charge in [0.2, 0.25) is 0 Å². The molecular weight excluding hydrogens is 567 g/mol. The van der Waals surface area contributed by atoms with Gasteiger partial charge in [-0.15, -0.1) is 0 Å². The molecule has 0 bridgehead atoms. The van der Waals surface area contributed by atoms with Gasteiger partial charge in [-0.1, -0.05) is 56.5 Å². The van der Waals surface area contributed by atoms with Crippen molar-refractivity contribution in [1.82, 2.24) is 10.2 Å². The van der Waals surface area contributed by atoms with E-state index < -0.39 is 11.7 Å². The Morgan fingerprint density at radius 1 is 1.12 bits per heavy atom. The summed E-state index contributed by atoms with van der Waals surface area (Å²) in [4.78, 5) is 19.5. The molecule has 1 amide bonds. The lowest BCUT2D eigenvalue weighted by Crippen LogP contribution is -2.32. The molecule has 1 heterocycles. The van der Waals surface area contributed by atoms with E-state index in [-0.39, 0.29) is 0 Å². The van der Waals surface area contributed by atoms with Gasteiger partial charge in [-0.3, -0.25) is 0 Å².